The van der Waals surface area contributed by atoms with E-state index < -0.39 is 11.7 Å². The number of thiazole rings is 1. The van der Waals surface area contributed by atoms with Crippen molar-refractivity contribution in [2.24, 2.45) is 0 Å². The van der Waals surface area contributed by atoms with Crippen molar-refractivity contribution in [2.45, 2.75) is 12.6 Å². The van der Waals surface area contributed by atoms with E-state index in [1.165, 1.54) is 40.3 Å². The van der Waals surface area contributed by atoms with Gasteiger partial charge in [0.15, 0.2) is 5.13 Å². The van der Waals surface area contributed by atoms with Gasteiger partial charge in [0.05, 0.1) is 5.56 Å². The molecule has 26 heavy (non-hydrogen) atoms. The smallest absolute Gasteiger partial charge is 0.323 e. The number of anilines is 1. The van der Waals surface area contributed by atoms with Gasteiger partial charge in [-0.25, -0.2) is 4.98 Å². The summed E-state index contributed by atoms with van der Waals surface area (Å²) in [6.07, 6.45) is -2.57. The summed E-state index contributed by atoms with van der Waals surface area (Å²) in [6, 6.07) is 5.12. The molecule has 0 spiro atoms. The molecule has 1 fully saturated rings. The maximum Gasteiger partial charge on any atom is 0.416 e. The van der Waals surface area contributed by atoms with Crippen molar-refractivity contribution in [3.63, 3.8) is 0 Å². The number of thioether (sulfide) groups is 1. The molecule has 0 saturated carbocycles. The Balaban J connectivity index is 1.59. The van der Waals surface area contributed by atoms with Gasteiger partial charge in [0, 0.05) is 29.8 Å². The quantitative estimate of drug-likeness (QED) is 0.827. The molecule has 0 atom stereocenters. The van der Waals surface area contributed by atoms with Gasteiger partial charge in [-0.3, -0.25) is 9.59 Å². The van der Waals surface area contributed by atoms with Gasteiger partial charge in [0.2, 0.25) is 5.91 Å². The van der Waals surface area contributed by atoms with Gasteiger partial charge in [-0.2, -0.15) is 13.2 Å². The summed E-state index contributed by atoms with van der Waals surface area (Å²) in [4.78, 5) is 29.7. The van der Waals surface area contributed by atoms with Gasteiger partial charge in [-0.05, 0) is 11.6 Å². The maximum atomic E-state index is 12.8. The second-order valence-corrected chi connectivity index (χ2v) is 7.75. The maximum absolute atomic E-state index is 12.8. The predicted molar refractivity (Wildman–Crippen MR) is 94.4 cm³/mol. The monoisotopic (exact) mass is 401 g/mol. The molecular formula is C16H14F3N3O2S2. The van der Waals surface area contributed by atoms with E-state index in [9.17, 15) is 22.8 Å². The Morgan fingerprint density at radius 2 is 2.15 bits per heavy atom. The van der Waals surface area contributed by atoms with Gasteiger partial charge >= 0.3 is 6.18 Å². The first-order valence-corrected chi connectivity index (χ1v) is 9.44. The Labute approximate surface area is 155 Å². The molecule has 1 aliphatic heterocycles. The standard InChI is InChI=1S/C16H14F3N3O2S2/c17-16(18,19)11-3-1-2-10(6-11)7-12-8-20-14(26-12)21-13(23)9-22-4-5-25-15(22)24/h1-3,6,8H,4-5,7,9H2,(H,20,21,23). The van der Waals surface area contributed by atoms with Crippen molar-refractivity contribution < 1.29 is 22.8 Å². The molecule has 0 radical (unpaired) electrons. The van der Waals surface area contributed by atoms with Crippen LogP contribution in [0.4, 0.5) is 23.1 Å². The fourth-order valence-corrected chi connectivity index (χ4v) is 4.09. The van der Waals surface area contributed by atoms with E-state index in [0.29, 0.717) is 29.4 Å². The molecule has 5 nitrogen and oxygen atoms in total. The molecule has 2 heterocycles. The lowest BCUT2D eigenvalue weighted by Gasteiger charge is -2.12. The Bertz CT molecular complexity index is 823. The number of hydrogen-bond donors (Lipinski definition) is 1. The first kappa shape index (κ1) is 18.7. The van der Waals surface area contributed by atoms with Gasteiger partial charge in [0.1, 0.15) is 6.54 Å². The molecule has 1 aromatic heterocycles. The zero-order chi connectivity index (χ0) is 18.7. The molecule has 0 bridgehead atoms. The number of amides is 2. The lowest BCUT2D eigenvalue weighted by Crippen LogP contribution is -2.33. The van der Waals surface area contributed by atoms with Crippen molar-refractivity contribution in [3.8, 4) is 0 Å². The van der Waals surface area contributed by atoms with Crippen molar-refractivity contribution in [2.75, 3.05) is 24.2 Å². The zero-order valence-electron chi connectivity index (χ0n) is 13.4. The fraction of sp³-hybridized carbons (Fsp3) is 0.312. The van der Waals surface area contributed by atoms with Gasteiger partial charge < -0.3 is 10.2 Å². The molecule has 1 saturated heterocycles. The van der Waals surface area contributed by atoms with Crippen LogP contribution in [0, 0.1) is 0 Å². The molecule has 0 unspecified atom stereocenters. The highest BCUT2D eigenvalue weighted by Gasteiger charge is 2.30. The van der Waals surface area contributed by atoms with Crippen LogP contribution in [0.15, 0.2) is 30.5 Å². The number of carbonyl (C=O) groups excluding carboxylic acids is 2. The third-order valence-corrected chi connectivity index (χ3v) is 5.42. The molecule has 1 N–H and O–H groups in total. The van der Waals surface area contributed by atoms with Crippen LogP contribution in [-0.2, 0) is 17.4 Å². The summed E-state index contributed by atoms with van der Waals surface area (Å²) in [5.41, 5.74) is -0.178. The first-order chi connectivity index (χ1) is 12.3. The predicted octanol–water partition coefficient (Wildman–Crippen LogP) is 3.86. The van der Waals surface area contributed by atoms with Crippen LogP contribution in [0.3, 0.4) is 0 Å². The third-order valence-electron chi connectivity index (χ3n) is 3.61. The highest BCUT2D eigenvalue weighted by molar-refractivity contribution is 8.13. The second kappa shape index (κ2) is 7.67. The summed E-state index contributed by atoms with van der Waals surface area (Å²) in [6.45, 7) is 0.504. The highest BCUT2D eigenvalue weighted by Crippen LogP contribution is 2.30. The number of halogens is 3. The minimum Gasteiger partial charge on any atom is -0.323 e. The molecule has 138 valence electrons. The number of alkyl halides is 3. The molecule has 2 aromatic rings. The minimum absolute atomic E-state index is 0.0334. The van der Waals surface area contributed by atoms with Crippen LogP contribution in [-0.4, -0.2) is 39.9 Å². The fourth-order valence-electron chi connectivity index (χ4n) is 2.41. The van der Waals surface area contributed by atoms with E-state index in [-0.39, 0.29) is 17.7 Å². The molecule has 3 rings (SSSR count). The topological polar surface area (TPSA) is 62.3 Å². The highest BCUT2D eigenvalue weighted by atomic mass is 32.2. The summed E-state index contributed by atoms with van der Waals surface area (Å²) in [5.74, 6) is 0.325. The number of nitrogens with zero attached hydrogens (tertiary/aromatic N) is 2. The van der Waals surface area contributed by atoms with E-state index >= 15 is 0 Å². The molecule has 1 aliphatic rings. The van der Waals surface area contributed by atoms with Crippen LogP contribution < -0.4 is 5.32 Å². The number of hydrogen-bond acceptors (Lipinski definition) is 5. The van der Waals surface area contributed by atoms with Crippen LogP contribution in [0.5, 0.6) is 0 Å². The minimum atomic E-state index is -4.38. The summed E-state index contributed by atoms with van der Waals surface area (Å²) in [7, 11) is 0. The summed E-state index contributed by atoms with van der Waals surface area (Å²) in [5, 5.41) is 2.85. The van der Waals surface area contributed by atoms with E-state index in [2.05, 4.69) is 10.3 Å². The molecule has 0 aliphatic carbocycles. The van der Waals surface area contributed by atoms with Crippen LogP contribution >= 0.6 is 23.1 Å². The van der Waals surface area contributed by atoms with Gasteiger partial charge in [0.25, 0.3) is 5.24 Å². The average Bonchev–Trinajstić information content (AvgIpc) is 3.16. The number of benzene rings is 1. The van der Waals surface area contributed by atoms with E-state index in [4.69, 9.17) is 0 Å². The molecule has 1 aromatic carbocycles. The largest absolute Gasteiger partial charge is 0.416 e. The van der Waals surface area contributed by atoms with Crippen molar-refractivity contribution in [1.29, 1.82) is 0 Å². The van der Waals surface area contributed by atoms with Crippen molar-refractivity contribution in [1.82, 2.24) is 9.88 Å². The number of nitrogens with one attached hydrogen (secondary N) is 1. The lowest BCUT2D eigenvalue weighted by atomic mass is 10.1. The SMILES string of the molecule is O=C(CN1CCSC1=O)Nc1ncc(Cc2cccc(C(F)(F)F)c2)s1. The Morgan fingerprint density at radius 1 is 1.35 bits per heavy atom. The van der Waals surface area contributed by atoms with E-state index in [1.54, 1.807) is 6.07 Å². The van der Waals surface area contributed by atoms with E-state index in [0.717, 1.165) is 17.0 Å². The first-order valence-electron chi connectivity index (χ1n) is 7.63. The van der Waals surface area contributed by atoms with Crippen molar-refractivity contribution in [3.05, 3.63) is 46.5 Å². The summed E-state index contributed by atoms with van der Waals surface area (Å²) < 4.78 is 38.3. The Morgan fingerprint density at radius 3 is 2.85 bits per heavy atom. The van der Waals surface area contributed by atoms with Gasteiger partial charge in [-0.15, -0.1) is 11.3 Å². The summed E-state index contributed by atoms with van der Waals surface area (Å²) >= 11 is 2.37. The zero-order valence-corrected chi connectivity index (χ0v) is 15.0. The van der Waals surface area contributed by atoms with Crippen LogP contribution in [0.25, 0.3) is 0 Å². The number of aromatic nitrogens is 1. The Kier molecular flexibility index (Phi) is 5.52. The second-order valence-electron chi connectivity index (χ2n) is 5.59. The van der Waals surface area contributed by atoms with E-state index in [1.807, 2.05) is 0 Å². The normalized spacial score (nSPS) is 14.7. The number of rotatable bonds is 5. The molecule has 2 amide bonds. The van der Waals surface area contributed by atoms with Crippen LogP contribution in [0.2, 0.25) is 0 Å². The lowest BCUT2D eigenvalue weighted by molar-refractivity contribution is -0.137. The third kappa shape index (κ3) is 4.76. The number of carbonyl (C=O) groups is 2. The van der Waals surface area contributed by atoms with Crippen molar-refractivity contribution >= 4 is 39.4 Å². The molecular weight excluding hydrogens is 387 g/mol. The van der Waals surface area contributed by atoms with Gasteiger partial charge in [-0.1, -0.05) is 30.0 Å². The molecule has 10 heteroatoms. The van der Waals surface area contributed by atoms with Crippen LogP contribution in [0.1, 0.15) is 16.0 Å². The average molecular weight is 401 g/mol. The Hall–Kier alpha value is -2.07.